The van der Waals surface area contributed by atoms with Crippen molar-refractivity contribution in [3.8, 4) is 0 Å². The Morgan fingerprint density at radius 2 is 1.85 bits per heavy atom. The van der Waals surface area contributed by atoms with E-state index in [1.54, 1.807) is 19.1 Å². The van der Waals surface area contributed by atoms with E-state index in [1.165, 1.54) is 12.1 Å². The number of rotatable bonds is 4. The summed E-state index contributed by atoms with van der Waals surface area (Å²) in [7, 11) is -4.14. The Balaban J connectivity index is 2.18. The number of ether oxygens (including phenoxy) is 1. The Hall–Kier alpha value is -1.03. The van der Waals surface area contributed by atoms with Crippen molar-refractivity contribution < 1.29 is 32.7 Å². The highest BCUT2D eigenvalue weighted by atomic mass is 32.2. The minimum atomic E-state index is -4.14. The summed E-state index contributed by atoms with van der Waals surface area (Å²) in [4.78, 5) is -0.0880. The molecular formula is C12H16O7S. The van der Waals surface area contributed by atoms with E-state index in [9.17, 15) is 18.6 Å². The van der Waals surface area contributed by atoms with Gasteiger partial charge in [0.1, 0.15) is 12.2 Å². The molecule has 1 aromatic carbocycles. The molecule has 0 aliphatic carbocycles. The average Bonchev–Trinajstić information content (AvgIpc) is 2.66. The monoisotopic (exact) mass is 304 g/mol. The minimum Gasteiger partial charge on any atom is -0.394 e. The predicted octanol–water partition coefficient (Wildman–Crippen LogP) is -0.861. The highest BCUT2D eigenvalue weighted by Crippen LogP contribution is 2.26. The van der Waals surface area contributed by atoms with Gasteiger partial charge in [-0.2, -0.15) is 8.42 Å². The Labute approximate surface area is 116 Å². The van der Waals surface area contributed by atoms with Crippen LogP contribution < -0.4 is 0 Å². The molecule has 8 heteroatoms. The molecule has 0 aromatic heterocycles. The van der Waals surface area contributed by atoms with Crippen LogP contribution in [0.4, 0.5) is 0 Å². The van der Waals surface area contributed by atoms with Crippen LogP contribution in [-0.2, 0) is 19.0 Å². The van der Waals surface area contributed by atoms with Gasteiger partial charge in [0.05, 0.1) is 11.5 Å². The standard InChI is InChI=1S/C12H16O7S/c1-7-2-4-8(5-3-7)20(16,17)19-11-10(14)9(6-13)18-12(11)15/h2-5,9-15H,6H2,1H3. The zero-order valence-electron chi connectivity index (χ0n) is 10.7. The summed E-state index contributed by atoms with van der Waals surface area (Å²) < 4.78 is 33.7. The Kier molecular flexibility index (Phi) is 4.43. The third kappa shape index (κ3) is 3.00. The van der Waals surface area contributed by atoms with Gasteiger partial charge < -0.3 is 20.1 Å². The van der Waals surface area contributed by atoms with Crippen molar-refractivity contribution in [1.82, 2.24) is 0 Å². The van der Waals surface area contributed by atoms with Gasteiger partial charge in [0.25, 0.3) is 10.1 Å². The first-order valence-electron chi connectivity index (χ1n) is 5.97. The maximum atomic E-state index is 12.0. The molecule has 0 saturated carbocycles. The molecule has 1 fully saturated rings. The summed E-state index contributed by atoms with van der Waals surface area (Å²) in [6.07, 6.45) is -5.61. The molecule has 20 heavy (non-hydrogen) atoms. The van der Waals surface area contributed by atoms with Gasteiger partial charge in [-0.3, -0.25) is 4.18 Å². The second-order valence-electron chi connectivity index (χ2n) is 4.57. The molecular weight excluding hydrogens is 288 g/mol. The molecule has 112 valence electrons. The summed E-state index contributed by atoms with van der Waals surface area (Å²) in [5, 5.41) is 28.2. The van der Waals surface area contributed by atoms with Crippen LogP contribution in [0.1, 0.15) is 5.56 Å². The maximum absolute atomic E-state index is 12.0. The second-order valence-corrected chi connectivity index (χ2v) is 6.14. The summed E-state index contributed by atoms with van der Waals surface area (Å²) in [5.41, 5.74) is 0.883. The lowest BCUT2D eigenvalue weighted by Gasteiger charge is -2.17. The molecule has 4 unspecified atom stereocenters. The van der Waals surface area contributed by atoms with Crippen molar-refractivity contribution in [1.29, 1.82) is 0 Å². The SMILES string of the molecule is Cc1ccc(S(=O)(=O)OC2C(O)OC(CO)C2O)cc1. The molecule has 0 amide bonds. The van der Waals surface area contributed by atoms with E-state index >= 15 is 0 Å². The molecule has 0 radical (unpaired) electrons. The predicted molar refractivity (Wildman–Crippen MR) is 67.2 cm³/mol. The fourth-order valence-electron chi connectivity index (χ4n) is 1.88. The molecule has 4 atom stereocenters. The zero-order chi connectivity index (χ0) is 14.9. The molecule has 3 N–H and O–H groups in total. The first-order valence-corrected chi connectivity index (χ1v) is 7.38. The van der Waals surface area contributed by atoms with Crippen molar-refractivity contribution in [3.63, 3.8) is 0 Å². The van der Waals surface area contributed by atoms with E-state index in [0.29, 0.717) is 0 Å². The lowest BCUT2D eigenvalue weighted by Crippen LogP contribution is -2.37. The van der Waals surface area contributed by atoms with Gasteiger partial charge in [-0.05, 0) is 19.1 Å². The summed E-state index contributed by atoms with van der Waals surface area (Å²) in [6, 6.07) is 5.93. The van der Waals surface area contributed by atoms with Gasteiger partial charge in [0, 0.05) is 0 Å². The van der Waals surface area contributed by atoms with Crippen LogP contribution in [0.5, 0.6) is 0 Å². The lowest BCUT2D eigenvalue weighted by atomic mass is 10.1. The smallest absolute Gasteiger partial charge is 0.297 e. The molecule has 0 bridgehead atoms. The highest BCUT2D eigenvalue weighted by Gasteiger charge is 2.46. The van der Waals surface area contributed by atoms with Crippen molar-refractivity contribution >= 4 is 10.1 Å². The van der Waals surface area contributed by atoms with Crippen LogP contribution >= 0.6 is 0 Å². The van der Waals surface area contributed by atoms with Crippen LogP contribution in [0.3, 0.4) is 0 Å². The van der Waals surface area contributed by atoms with Crippen LogP contribution in [0, 0.1) is 6.92 Å². The molecule has 1 aliphatic rings. The fourth-order valence-corrected chi connectivity index (χ4v) is 2.96. The fraction of sp³-hybridized carbons (Fsp3) is 0.500. The third-order valence-corrected chi connectivity index (χ3v) is 4.37. The van der Waals surface area contributed by atoms with Gasteiger partial charge in [-0.15, -0.1) is 0 Å². The lowest BCUT2D eigenvalue weighted by molar-refractivity contribution is -0.127. The number of aliphatic hydroxyl groups excluding tert-OH is 3. The topological polar surface area (TPSA) is 113 Å². The first kappa shape index (κ1) is 15.4. The van der Waals surface area contributed by atoms with Crippen LogP contribution in [0.15, 0.2) is 29.2 Å². The summed E-state index contributed by atoms with van der Waals surface area (Å²) in [6.45, 7) is 1.25. The normalized spacial score (nSPS) is 30.6. The molecule has 2 rings (SSSR count). The van der Waals surface area contributed by atoms with Crippen LogP contribution in [0.25, 0.3) is 0 Å². The number of aliphatic hydroxyl groups is 3. The van der Waals surface area contributed by atoms with Gasteiger partial charge in [0.2, 0.25) is 0 Å². The van der Waals surface area contributed by atoms with E-state index in [0.717, 1.165) is 5.56 Å². The van der Waals surface area contributed by atoms with Crippen molar-refractivity contribution in [2.24, 2.45) is 0 Å². The molecule has 1 saturated heterocycles. The van der Waals surface area contributed by atoms with Crippen LogP contribution in [0.2, 0.25) is 0 Å². The number of aryl methyl sites for hydroxylation is 1. The van der Waals surface area contributed by atoms with E-state index in [1.807, 2.05) is 0 Å². The van der Waals surface area contributed by atoms with Crippen molar-refractivity contribution in [2.75, 3.05) is 6.61 Å². The van der Waals surface area contributed by atoms with Gasteiger partial charge >= 0.3 is 0 Å². The third-order valence-electron chi connectivity index (χ3n) is 3.04. The largest absolute Gasteiger partial charge is 0.394 e. The van der Waals surface area contributed by atoms with Gasteiger partial charge in [-0.25, -0.2) is 0 Å². The van der Waals surface area contributed by atoms with Crippen molar-refractivity contribution in [3.05, 3.63) is 29.8 Å². The number of benzene rings is 1. The molecule has 0 spiro atoms. The quantitative estimate of drug-likeness (QED) is 0.620. The van der Waals surface area contributed by atoms with Crippen molar-refractivity contribution in [2.45, 2.75) is 36.4 Å². The van der Waals surface area contributed by atoms with E-state index < -0.39 is 41.3 Å². The average molecular weight is 304 g/mol. The molecule has 1 aromatic rings. The summed E-state index contributed by atoms with van der Waals surface area (Å²) in [5.74, 6) is 0. The molecule has 1 heterocycles. The van der Waals surface area contributed by atoms with E-state index in [2.05, 4.69) is 0 Å². The first-order chi connectivity index (χ1) is 9.35. The highest BCUT2D eigenvalue weighted by molar-refractivity contribution is 7.86. The zero-order valence-corrected chi connectivity index (χ0v) is 11.5. The minimum absolute atomic E-state index is 0.0880. The summed E-state index contributed by atoms with van der Waals surface area (Å²) >= 11 is 0. The van der Waals surface area contributed by atoms with E-state index in [4.69, 9.17) is 14.0 Å². The number of hydrogen-bond donors (Lipinski definition) is 3. The Morgan fingerprint density at radius 3 is 2.35 bits per heavy atom. The van der Waals surface area contributed by atoms with Gasteiger partial charge in [0.15, 0.2) is 12.4 Å². The second kappa shape index (κ2) is 5.76. The maximum Gasteiger partial charge on any atom is 0.297 e. The Bertz CT molecular complexity index is 554. The number of hydrogen-bond acceptors (Lipinski definition) is 7. The molecule has 1 aliphatic heterocycles. The van der Waals surface area contributed by atoms with Crippen LogP contribution in [-0.4, -0.2) is 54.9 Å². The molecule has 7 nitrogen and oxygen atoms in total. The van der Waals surface area contributed by atoms with E-state index in [-0.39, 0.29) is 4.90 Å². The Morgan fingerprint density at radius 1 is 1.25 bits per heavy atom. The van der Waals surface area contributed by atoms with Gasteiger partial charge in [-0.1, -0.05) is 17.7 Å².